The maximum absolute atomic E-state index is 11.0. The van der Waals surface area contributed by atoms with Crippen LogP contribution in [-0.4, -0.2) is 5.91 Å². The van der Waals surface area contributed by atoms with Gasteiger partial charge in [-0.25, -0.2) is 0 Å². The van der Waals surface area contributed by atoms with Crippen LogP contribution in [0.2, 0.25) is 0 Å². The van der Waals surface area contributed by atoms with E-state index in [0.29, 0.717) is 5.56 Å². The summed E-state index contributed by atoms with van der Waals surface area (Å²) in [5.41, 5.74) is 9.44. The first-order valence-electron chi connectivity index (χ1n) is 6.75. The van der Waals surface area contributed by atoms with Crippen molar-refractivity contribution in [2.75, 3.05) is 0 Å². The number of primary amides is 1. The lowest BCUT2D eigenvalue weighted by Gasteiger charge is -2.15. The zero-order chi connectivity index (χ0) is 14.5. The van der Waals surface area contributed by atoms with Gasteiger partial charge in [0.25, 0.3) is 0 Å². The maximum atomic E-state index is 11.0. The first-order chi connectivity index (χ1) is 9.56. The molecule has 1 atom stereocenters. The standard InChI is InChI=1S/C17H20N2O/c1-12-4-3-5-16(10-12)13(2)19-11-14-6-8-15(9-7-14)17(18)20/h3-10,13,19H,11H2,1-2H3,(H2,18,20)/t13-/m0/s1. The van der Waals surface area contributed by atoms with Crippen LogP contribution in [0.25, 0.3) is 0 Å². The van der Waals surface area contributed by atoms with Crippen molar-refractivity contribution in [1.29, 1.82) is 0 Å². The molecule has 0 saturated heterocycles. The van der Waals surface area contributed by atoms with E-state index < -0.39 is 5.91 Å². The number of hydrogen-bond acceptors (Lipinski definition) is 2. The number of rotatable bonds is 5. The SMILES string of the molecule is Cc1cccc([C@H](C)NCc2ccc(C(N)=O)cc2)c1. The summed E-state index contributed by atoms with van der Waals surface area (Å²) in [4.78, 5) is 11.0. The van der Waals surface area contributed by atoms with Crippen LogP contribution in [0.5, 0.6) is 0 Å². The molecule has 0 heterocycles. The lowest BCUT2D eigenvalue weighted by atomic mass is 10.1. The molecule has 0 unspecified atom stereocenters. The molecular formula is C17H20N2O. The van der Waals surface area contributed by atoms with Crippen molar-refractivity contribution >= 4 is 5.91 Å². The van der Waals surface area contributed by atoms with Crippen molar-refractivity contribution in [3.8, 4) is 0 Å². The molecule has 0 aliphatic rings. The van der Waals surface area contributed by atoms with Crippen molar-refractivity contribution in [2.24, 2.45) is 5.73 Å². The molecule has 0 radical (unpaired) electrons. The fourth-order valence-electron chi connectivity index (χ4n) is 2.12. The highest BCUT2D eigenvalue weighted by molar-refractivity contribution is 5.92. The fourth-order valence-corrected chi connectivity index (χ4v) is 2.12. The van der Waals surface area contributed by atoms with Crippen molar-refractivity contribution in [3.05, 3.63) is 70.8 Å². The summed E-state index contributed by atoms with van der Waals surface area (Å²) in [5.74, 6) is -0.391. The van der Waals surface area contributed by atoms with E-state index in [1.54, 1.807) is 12.1 Å². The Labute approximate surface area is 119 Å². The summed E-state index contributed by atoms with van der Waals surface area (Å²) in [5, 5.41) is 3.47. The monoisotopic (exact) mass is 268 g/mol. The van der Waals surface area contributed by atoms with Crippen LogP contribution in [0.15, 0.2) is 48.5 Å². The zero-order valence-corrected chi connectivity index (χ0v) is 11.9. The molecule has 20 heavy (non-hydrogen) atoms. The number of nitrogens with two attached hydrogens (primary N) is 1. The van der Waals surface area contributed by atoms with Crippen LogP contribution in [0, 0.1) is 6.92 Å². The van der Waals surface area contributed by atoms with Gasteiger partial charge in [0.1, 0.15) is 0 Å². The molecular weight excluding hydrogens is 248 g/mol. The Bertz CT molecular complexity index is 590. The van der Waals surface area contributed by atoms with Gasteiger partial charge in [0, 0.05) is 18.2 Å². The summed E-state index contributed by atoms with van der Waals surface area (Å²) in [6.45, 7) is 5.00. The lowest BCUT2D eigenvalue weighted by Crippen LogP contribution is -2.18. The summed E-state index contributed by atoms with van der Waals surface area (Å²) < 4.78 is 0. The average Bonchev–Trinajstić information content (AvgIpc) is 2.45. The van der Waals surface area contributed by atoms with E-state index in [1.165, 1.54) is 11.1 Å². The molecule has 0 aromatic heterocycles. The molecule has 2 rings (SSSR count). The van der Waals surface area contributed by atoms with E-state index in [9.17, 15) is 4.79 Å². The van der Waals surface area contributed by atoms with Crippen LogP contribution >= 0.6 is 0 Å². The maximum Gasteiger partial charge on any atom is 0.248 e. The molecule has 104 valence electrons. The minimum absolute atomic E-state index is 0.283. The predicted octanol–water partition coefficient (Wildman–Crippen LogP) is 2.94. The number of hydrogen-bond donors (Lipinski definition) is 2. The molecule has 0 bridgehead atoms. The van der Waals surface area contributed by atoms with Crippen molar-refractivity contribution < 1.29 is 4.79 Å². The van der Waals surface area contributed by atoms with Gasteiger partial charge in [-0.05, 0) is 37.1 Å². The molecule has 0 aliphatic carbocycles. The molecule has 3 nitrogen and oxygen atoms in total. The van der Waals surface area contributed by atoms with E-state index in [-0.39, 0.29) is 6.04 Å². The van der Waals surface area contributed by atoms with E-state index in [4.69, 9.17) is 5.73 Å². The Morgan fingerprint density at radius 3 is 2.50 bits per heavy atom. The van der Waals surface area contributed by atoms with Gasteiger partial charge in [-0.3, -0.25) is 4.79 Å². The minimum atomic E-state index is -0.391. The summed E-state index contributed by atoms with van der Waals surface area (Å²) in [6, 6.07) is 16.1. The summed E-state index contributed by atoms with van der Waals surface area (Å²) in [7, 11) is 0. The molecule has 0 aliphatic heterocycles. The quantitative estimate of drug-likeness (QED) is 0.876. The Morgan fingerprint density at radius 2 is 1.90 bits per heavy atom. The van der Waals surface area contributed by atoms with Crippen molar-refractivity contribution in [1.82, 2.24) is 5.32 Å². The van der Waals surface area contributed by atoms with Crippen LogP contribution < -0.4 is 11.1 Å². The number of carbonyl (C=O) groups excluding carboxylic acids is 1. The van der Waals surface area contributed by atoms with Crippen LogP contribution in [0.1, 0.15) is 40.0 Å². The third-order valence-corrected chi connectivity index (χ3v) is 3.39. The van der Waals surface area contributed by atoms with Crippen LogP contribution in [0.3, 0.4) is 0 Å². The third-order valence-electron chi connectivity index (χ3n) is 3.39. The van der Waals surface area contributed by atoms with E-state index in [2.05, 4.69) is 43.4 Å². The number of aryl methyl sites for hydroxylation is 1. The Balaban J connectivity index is 1.96. The summed E-state index contributed by atoms with van der Waals surface area (Å²) in [6.07, 6.45) is 0. The van der Waals surface area contributed by atoms with E-state index in [1.807, 2.05) is 12.1 Å². The second kappa shape index (κ2) is 6.35. The summed E-state index contributed by atoms with van der Waals surface area (Å²) >= 11 is 0. The Morgan fingerprint density at radius 1 is 1.20 bits per heavy atom. The molecule has 3 N–H and O–H groups in total. The molecule has 1 amide bonds. The van der Waals surface area contributed by atoms with E-state index in [0.717, 1.165) is 12.1 Å². The number of benzene rings is 2. The van der Waals surface area contributed by atoms with Gasteiger partial charge in [0.05, 0.1) is 0 Å². The largest absolute Gasteiger partial charge is 0.366 e. The Hall–Kier alpha value is -2.13. The predicted molar refractivity (Wildman–Crippen MR) is 81.4 cm³/mol. The van der Waals surface area contributed by atoms with Gasteiger partial charge in [-0.1, -0.05) is 42.0 Å². The highest BCUT2D eigenvalue weighted by Gasteiger charge is 2.05. The smallest absolute Gasteiger partial charge is 0.248 e. The normalized spacial score (nSPS) is 12.1. The second-order valence-corrected chi connectivity index (χ2v) is 5.08. The highest BCUT2D eigenvalue weighted by atomic mass is 16.1. The number of carbonyl (C=O) groups is 1. The van der Waals surface area contributed by atoms with Gasteiger partial charge < -0.3 is 11.1 Å². The lowest BCUT2D eigenvalue weighted by molar-refractivity contribution is 0.100. The molecule has 2 aromatic rings. The first-order valence-corrected chi connectivity index (χ1v) is 6.75. The van der Waals surface area contributed by atoms with Gasteiger partial charge >= 0.3 is 0 Å². The van der Waals surface area contributed by atoms with Gasteiger partial charge in [-0.15, -0.1) is 0 Å². The minimum Gasteiger partial charge on any atom is -0.366 e. The fraction of sp³-hybridized carbons (Fsp3) is 0.235. The van der Waals surface area contributed by atoms with Crippen molar-refractivity contribution in [3.63, 3.8) is 0 Å². The van der Waals surface area contributed by atoms with Crippen molar-refractivity contribution in [2.45, 2.75) is 26.4 Å². The van der Waals surface area contributed by atoms with Crippen LogP contribution in [-0.2, 0) is 6.54 Å². The molecule has 2 aromatic carbocycles. The average molecular weight is 268 g/mol. The molecule has 0 spiro atoms. The number of nitrogens with one attached hydrogen (secondary N) is 1. The number of amides is 1. The van der Waals surface area contributed by atoms with Gasteiger partial charge in [-0.2, -0.15) is 0 Å². The zero-order valence-electron chi connectivity index (χ0n) is 11.9. The first kappa shape index (κ1) is 14.3. The van der Waals surface area contributed by atoms with E-state index >= 15 is 0 Å². The van der Waals surface area contributed by atoms with Gasteiger partial charge in [0.15, 0.2) is 0 Å². The second-order valence-electron chi connectivity index (χ2n) is 5.08. The topological polar surface area (TPSA) is 55.1 Å². The highest BCUT2D eigenvalue weighted by Crippen LogP contribution is 2.14. The third kappa shape index (κ3) is 3.68. The molecule has 0 fully saturated rings. The molecule has 0 saturated carbocycles. The Kier molecular flexibility index (Phi) is 4.53. The molecule has 3 heteroatoms. The van der Waals surface area contributed by atoms with Crippen LogP contribution in [0.4, 0.5) is 0 Å². The van der Waals surface area contributed by atoms with Gasteiger partial charge in [0.2, 0.25) is 5.91 Å².